The number of anilines is 1. The minimum absolute atomic E-state index is 0.0430. The van der Waals surface area contributed by atoms with Crippen molar-refractivity contribution in [2.75, 3.05) is 18.4 Å². The van der Waals surface area contributed by atoms with Crippen LogP contribution >= 0.6 is 11.8 Å². The maximum absolute atomic E-state index is 12.5. The van der Waals surface area contributed by atoms with Crippen LogP contribution in [0.4, 0.5) is 11.4 Å². The zero-order valence-corrected chi connectivity index (χ0v) is 16.7. The Morgan fingerprint density at radius 2 is 1.85 bits per heavy atom. The highest BCUT2D eigenvalue weighted by Gasteiger charge is 2.15. The summed E-state index contributed by atoms with van der Waals surface area (Å²) in [7, 11) is 0. The van der Waals surface area contributed by atoms with E-state index in [-0.39, 0.29) is 16.8 Å². The number of nitro groups is 1. The van der Waals surface area contributed by atoms with E-state index in [0.717, 1.165) is 35.8 Å². The molecule has 0 aliphatic carbocycles. The molecule has 0 saturated carbocycles. The summed E-state index contributed by atoms with van der Waals surface area (Å²) in [6.45, 7) is 8.90. The molecule has 2 aromatic rings. The summed E-state index contributed by atoms with van der Waals surface area (Å²) in [5, 5.41) is 13.3. The van der Waals surface area contributed by atoms with E-state index in [0.29, 0.717) is 0 Å². The number of amides is 1. The number of carbonyl (C=O) groups is 1. The predicted molar refractivity (Wildman–Crippen MR) is 110 cm³/mol. The molecule has 1 N–H and O–H groups in total. The first-order valence-electron chi connectivity index (χ1n) is 8.96. The van der Waals surface area contributed by atoms with Crippen LogP contribution in [0.5, 0.6) is 0 Å². The first-order chi connectivity index (χ1) is 12.9. The predicted octanol–water partition coefficient (Wildman–Crippen LogP) is 4.56. The van der Waals surface area contributed by atoms with Gasteiger partial charge in [-0.25, -0.2) is 0 Å². The molecule has 0 radical (unpaired) electrons. The zero-order valence-electron chi connectivity index (χ0n) is 15.8. The fraction of sp³-hybridized carbons (Fsp3) is 0.350. The maximum Gasteiger partial charge on any atom is 0.269 e. The van der Waals surface area contributed by atoms with E-state index >= 15 is 0 Å². The standard InChI is InChI=1S/C20H25N3O3S/c1-4-22(5-2)14-16-7-6-8-17(13-16)21-20(24)15(3)27-19-11-9-18(10-12-19)23(25)26/h6-13,15H,4-5,14H2,1-3H3,(H,21,24). The molecule has 0 aromatic heterocycles. The Bertz CT molecular complexity index is 776. The molecular weight excluding hydrogens is 362 g/mol. The van der Waals surface area contributed by atoms with Gasteiger partial charge in [-0.1, -0.05) is 26.0 Å². The molecule has 0 saturated heterocycles. The summed E-state index contributed by atoms with van der Waals surface area (Å²) in [6.07, 6.45) is 0. The quantitative estimate of drug-likeness (QED) is 0.388. The molecule has 0 spiro atoms. The number of non-ortho nitro benzene ring substituents is 1. The van der Waals surface area contributed by atoms with Crippen molar-refractivity contribution in [1.82, 2.24) is 4.90 Å². The van der Waals surface area contributed by atoms with Gasteiger partial charge in [-0.15, -0.1) is 11.8 Å². The highest BCUT2D eigenvalue weighted by Crippen LogP contribution is 2.26. The van der Waals surface area contributed by atoms with Crippen molar-refractivity contribution in [3.05, 3.63) is 64.2 Å². The van der Waals surface area contributed by atoms with Crippen molar-refractivity contribution in [3.63, 3.8) is 0 Å². The van der Waals surface area contributed by atoms with Gasteiger partial charge in [0.15, 0.2) is 0 Å². The average Bonchev–Trinajstić information content (AvgIpc) is 2.66. The molecule has 0 bridgehead atoms. The van der Waals surface area contributed by atoms with Crippen LogP contribution < -0.4 is 5.32 Å². The molecule has 1 atom stereocenters. The van der Waals surface area contributed by atoms with Gasteiger partial charge in [0.25, 0.3) is 5.69 Å². The molecule has 0 aliphatic heterocycles. The van der Waals surface area contributed by atoms with Crippen LogP contribution in [0, 0.1) is 10.1 Å². The van der Waals surface area contributed by atoms with Crippen molar-refractivity contribution in [1.29, 1.82) is 0 Å². The van der Waals surface area contributed by atoms with Crippen molar-refractivity contribution >= 4 is 29.0 Å². The fourth-order valence-electron chi connectivity index (χ4n) is 2.60. The molecule has 1 amide bonds. The lowest BCUT2D eigenvalue weighted by Gasteiger charge is -2.18. The van der Waals surface area contributed by atoms with Crippen LogP contribution in [0.1, 0.15) is 26.3 Å². The van der Waals surface area contributed by atoms with Gasteiger partial charge in [0.1, 0.15) is 0 Å². The summed E-state index contributed by atoms with van der Waals surface area (Å²) in [5.74, 6) is -0.0988. The second-order valence-corrected chi connectivity index (χ2v) is 7.58. The van der Waals surface area contributed by atoms with Gasteiger partial charge in [0.2, 0.25) is 5.91 Å². The van der Waals surface area contributed by atoms with E-state index in [4.69, 9.17) is 0 Å². The van der Waals surface area contributed by atoms with Gasteiger partial charge in [-0.05, 0) is 49.8 Å². The lowest BCUT2D eigenvalue weighted by atomic mass is 10.2. The number of benzene rings is 2. The summed E-state index contributed by atoms with van der Waals surface area (Å²) >= 11 is 1.37. The molecule has 0 aliphatic rings. The number of nitrogens with one attached hydrogen (secondary N) is 1. The number of nitro benzene ring substituents is 1. The molecule has 6 nitrogen and oxygen atoms in total. The number of carbonyl (C=O) groups excluding carboxylic acids is 1. The first kappa shape index (κ1) is 20.9. The summed E-state index contributed by atoms with van der Waals surface area (Å²) in [4.78, 5) is 25.9. The first-order valence-corrected chi connectivity index (χ1v) is 9.84. The molecule has 7 heteroatoms. The van der Waals surface area contributed by atoms with Crippen LogP contribution in [0.25, 0.3) is 0 Å². The maximum atomic E-state index is 12.5. The van der Waals surface area contributed by atoms with Crippen LogP contribution in [-0.4, -0.2) is 34.1 Å². The lowest BCUT2D eigenvalue weighted by Crippen LogP contribution is -2.23. The van der Waals surface area contributed by atoms with E-state index in [1.54, 1.807) is 12.1 Å². The third-order valence-electron chi connectivity index (χ3n) is 4.22. The Morgan fingerprint density at radius 1 is 1.19 bits per heavy atom. The number of rotatable bonds is 9. The van der Waals surface area contributed by atoms with Gasteiger partial charge in [-0.3, -0.25) is 19.8 Å². The Labute approximate surface area is 164 Å². The summed E-state index contributed by atoms with van der Waals surface area (Å²) in [6, 6.07) is 14.1. The second kappa shape index (κ2) is 10.1. The number of thioether (sulfide) groups is 1. The van der Waals surface area contributed by atoms with E-state index in [1.807, 2.05) is 25.1 Å². The van der Waals surface area contributed by atoms with Crippen molar-refractivity contribution in [2.45, 2.75) is 37.5 Å². The molecule has 27 heavy (non-hydrogen) atoms. The normalized spacial score (nSPS) is 12.0. The van der Waals surface area contributed by atoms with Gasteiger partial charge in [0.05, 0.1) is 10.2 Å². The average molecular weight is 388 g/mol. The third kappa shape index (κ3) is 6.37. The van der Waals surface area contributed by atoms with E-state index in [2.05, 4.69) is 30.1 Å². The third-order valence-corrected chi connectivity index (χ3v) is 5.34. The lowest BCUT2D eigenvalue weighted by molar-refractivity contribution is -0.384. The molecule has 2 aromatic carbocycles. The monoisotopic (exact) mass is 387 g/mol. The number of hydrogen-bond acceptors (Lipinski definition) is 5. The van der Waals surface area contributed by atoms with E-state index < -0.39 is 4.92 Å². The second-order valence-electron chi connectivity index (χ2n) is 6.16. The topological polar surface area (TPSA) is 75.5 Å². The minimum atomic E-state index is -0.435. The Morgan fingerprint density at radius 3 is 2.44 bits per heavy atom. The fourth-order valence-corrected chi connectivity index (χ4v) is 3.47. The highest BCUT2D eigenvalue weighted by atomic mass is 32.2. The smallest absolute Gasteiger partial charge is 0.269 e. The van der Waals surface area contributed by atoms with Gasteiger partial charge < -0.3 is 5.32 Å². The van der Waals surface area contributed by atoms with Crippen LogP contribution in [0.3, 0.4) is 0 Å². The number of hydrogen-bond donors (Lipinski definition) is 1. The van der Waals surface area contributed by atoms with Crippen LogP contribution in [-0.2, 0) is 11.3 Å². The van der Waals surface area contributed by atoms with E-state index in [9.17, 15) is 14.9 Å². The Kier molecular flexibility index (Phi) is 7.82. The zero-order chi connectivity index (χ0) is 19.8. The van der Waals surface area contributed by atoms with Gasteiger partial charge >= 0.3 is 0 Å². The van der Waals surface area contributed by atoms with Crippen LogP contribution in [0.15, 0.2) is 53.4 Å². The Balaban J connectivity index is 1.96. The minimum Gasteiger partial charge on any atom is -0.325 e. The highest BCUT2D eigenvalue weighted by molar-refractivity contribution is 8.00. The van der Waals surface area contributed by atoms with Crippen molar-refractivity contribution < 1.29 is 9.72 Å². The van der Waals surface area contributed by atoms with Crippen molar-refractivity contribution in [2.24, 2.45) is 0 Å². The molecule has 0 fully saturated rings. The summed E-state index contributed by atoms with van der Waals surface area (Å²) in [5.41, 5.74) is 1.98. The Hall–Kier alpha value is -2.38. The van der Waals surface area contributed by atoms with Gasteiger partial charge in [0, 0.05) is 29.3 Å². The largest absolute Gasteiger partial charge is 0.325 e. The molecule has 1 unspecified atom stereocenters. The van der Waals surface area contributed by atoms with Gasteiger partial charge in [-0.2, -0.15) is 0 Å². The van der Waals surface area contributed by atoms with Crippen molar-refractivity contribution in [3.8, 4) is 0 Å². The number of nitrogens with zero attached hydrogens (tertiary/aromatic N) is 2. The van der Waals surface area contributed by atoms with Crippen LogP contribution in [0.2, 0.25) is 0 Å². The molecular formula is C20H25N3O3S. The summed E-state index contributed by atoms with van der Waals surface area (Å²) < 4.78 is 0. The molecule has 144 valence electrons. The SMILES string of the molecule is CCN(CC)Cc1cccc(NC(=O)C(C)Sc2ccc([N+](=O)[O-])cc2)c1. The molecule has 0 heterocycles. The van der Waals surface area contributed by atoms with E-state index in [1.165, 1.54) is 23.9 Å². The molecule has 2 rings (SSSR count).